The third-order valence-corrected chi connectivity index (χ3v) is 2.83. The number of benzene rings is 1. The van der Waals surface area contributed by atoms with Crippen LogP contribution >= 0.6 is 11.6 Å². The molecule has 1 heterocycles. The van der Waals surface area contributed by atoms with Crippen LogP contribution in [0.1, 0.15) is 16.1 Å². The number of furan rings is 1. The summed E-state index contributed by atoms with van der Waals surface area (Å²) in [5.74, 6) is -1.02. The molecule has 2 rings (SSSR count). The monoisotopic (exact) mass is 283 g/mol. The molecule has 1 aromatic heterocycles. The molecule has 0 radical (unpaired) electrons. The largest absolute Gasteiger partial charge is 0.463 e. The smallest absolute Gasteiger partial charge is 0.374 e. The van der Waals surface area contributed by atoms with Crippen molar-refractivity contribution in [1.29, 1.82) is 0 Å². The Morgan fingerprint density at radius 2 is 2.26 bits per heavy atom. The van der Waals surface area contributed by atoms with Gasteiger partial charge in [0.1, 0.15) is 0 Å². The van der Waals surface area contributed by atoms with E-state index < -0.39 is 11.8 Å². The molecule has 0 unspecified atom stereocenters. The number of esters is 1. The molecule has 2 aromatic rings. The maximum atomic E-state index is 13.6. The first-order valence-corrected chi connectivity index (χ1v) is 5.84. The summed E-state index contributed by atoms with van der Waals surface area (Å²) in [7, 11) is 1.26. The summed E-state index contributed by atoms with van der Waals surface area (Å²) < 4.78 is 23.2. The molecule has 0 saturated heterocycles. The second kappa shape index (κ2) is 5.75. The van der Waals surface area contributed by atoms with E-state index in [1.54, 1.807) is 18.2 Å². The highest BCUT2D eigenvalue weighted by Crippen LogP contribution is 2.23. The molecule has 0 spiro atoms. The maximum Gasteiger partial charge on any atom is 0.374 e. The lowest BCUT2D eigenvalue weighted by molar-refractivity contribution is 0.0563. The number of hydrogen-bond donors (Lipinski definition) is 1. The van der Waals surface area contributed by atoms with Crippen LogP contribution in [0.4, 0.5) is 10.1 Å². The normalized spacial score (nSPS) is 10.3. The number of ether oxygens (including phenoxy) is 1. The molecule has 0 saturated carbocycles. The van der Waals surface area contributed by atoms with E-state index in [1.165, 1.54) is 19.4 Å². The first-order chi connectivity index (χ1) is 9.13. The van der Waals surface area contributed by atoms with Crippen LogP contribution in [-0.2, 0) is 11.3 Å². The van der Waals surface area contributed by atoms with Gasteiger partial charge in [-0.2, -0.15) is 0 Å². The Morgan fingerprint density at radius 3 is 3.00 bits per heavy atom. The highest BCUT2D eigenvalue weighted by atomic mass is 35.5. The van der Waals surface area contributed by atoms with Crippen molar-refractivity contribution in [3.05, 3.63) is 52.7 Å². The van der Waals surface area contributed by atoms with Gasteiger partial charge in [0, 0.05) is 12.1 Å². The molecule has 0 bridgehead atoms. The summed E-state index contributed by atoms with van der Waals surface area (Å²) in [5.41, 5.74) is 0.829. The standard InChI is InChI=1S/C13H11ClFNO3/c1-18-13(17)12-8(5-6-19-12)7-16-10-4-2-3-9(14)11(10)15/h2-6,16H,7H2,1H3. The minimum Gasteiger partial charge on any atom is -0.463 e. The molecule has 0 aliphatic carbocycles. The SMILES string of the molecule is COC(=O)c1occc1CNc1cccc(Cl)c1F. The number of hydrogen-bond acceptors (Lipinski definition) is 4. The van der Waals surface area contributed by atoms with Crippen LogP contribution in [0.25, 0.3) is 0 Å². The summed E-state index contributed by atoms with van der Waals surface area (Å²) in [4.78, 5) is 11.4. The van der Waals surface area contributed by atoms with Crippen LogP contribution in [0.15, 0.2) is 34.9 Å². The van der Waals surface area contributed by atoms with Gasteiger partial charge < -0.3 is 14.5 Å². The van der Waals surface area contributed by atoms with E-state index in [1.807, 2.05) is 0 Å². The van der Waals surface area contributed by atoms with Crippen LogP contribution in [-0.4, -0.2) is 13.1 Å². The third-order valence-electron chi connectivity index (χ3n) is 2.54. The van der Waals surface area contributed by atoms with Crippen LogP contribution in [0, 0.1) is 5.82 Å². The zero-order chi connectivity index (χ0) is 13.8. The Balaban J connectivity index is 2.13. The van der Waals surface area contributed by atoms with Gasteiger partial charge in [0.2, 0.25) is 5.76 Å². The van der Waals surface area contributed by atoms with Gasteiger partial charge in [0.05, 0.1) is 24.1 Å². The third kappa shape index (κ3) is 2.88. The maximum absolute atomic E-state index is 13.6. The second-order valence-corrected chi connectivity index (χ2v) is 4.13. The van der Waals surface area contributed by atoms with Gasteiger partial charge in [0.25, 0.3) is 0 Å². The number of carbonyl (C=O) groups is 1. The summed E-state index contributed by atoms with van der Waals surface area (Å²) in [6, 6.07) is 6.25. The van der Waals surface area contributed by atoms with Crippen molar-refractivity contribution in [3.8, 4) is 0 Å². The lowest BCUT2D eigenvalue weighted by atomic mass is 10.2. The van der Waals surface area contributed by atoms with E-state index >= 15 is 0 Å². The molecule has 1 N–H and O–H groups in total. The number of anilines is 1. The molecule has 0 aliphatic heterocycles. The minimum atomic E-state index is -0.576. The molecule has 0 aliphatic rings. The van der Waals surface area contributed by atoms with E-state index in [0.29, 0.717) is 5.56 Å². The van der Waals surface area contributed by atoms with E-state index in [2.05, 4.69) is 10.1 Å². The fourth-order valence-corrected chi connectivity index (χ4v) is 1.75. The summed E-state index contributed by atoms with van der Waals surface area (Å²) in [6.45, 7) is 0.220. The number of halogens is 2. The number of nitrogens with one attached hydrogen (secondary N) is 1. The predicted molar refractivity (Wildman–Crippen MR) is 68.8 cm³/mol. The minimum absolute atomic E-state index is 0.0328. The van der Waals surface area contributed by atoms with Crippen molar-refractivity contribution in [3.63, 3.8) is 0 Å². The van der Waals surface area contributed by atoms with Crippen molar-refractivity contribution in [2.45, 2.75) is 6.54 Å². The Morgan fingerprint density at radius 1 is 1.47 bits per heavy atom. The van der Waals surface area contributed by atoms with Crippen LogP contribution in [0.3, 0.4) is 0 Å². The quantitative estimate of drug-likeness (QED) is 0.873. The first-order valence-electron chi connectivity index (χ1n) is 5.46. The average Bonchev–Trinajstić information content (AvgIpc) is 2.88. The fourth-order valence-electron chi connectivity index (χ4n) is 1.58. The van der Waals surface area contributed by atoms with Crippen LogP contribution < -0.4 is 5.32 Å². The highest BCUT2D eigenvalue weighted by molar-refractivity contribution is 6.31. The predicted octanol–water partition coefficient (Wildman–Crippen LogP) is 3.47. The van der Waals surface area contributed by atoms with E-state index in [9.17, 15) is 9.18 Å². The second-order valence-electron chi connectivity index (χ2n) is 3.72. The van der Waals surface area contributed by atoms with Crippen molar-refractivity contribution >= 4 is 23.3 Å². The Kier molecular flexibility index (Phi) is 4.06. The molecule has 0 atom stereocenters. The van der Waals surface area contributed by atoms with Gasteiger partial charge in [0.15, 0.2) is 5.82 Å². The average molecular weight is 284 g/mol. The molecule has 1 aromatic carbocycles. The van der Waals surface area contributed by atoms with Crippen LogP contribution in [0.5, 0.6) is 0 Å². The van der Waals surface area contributed by atoms with E-state index in [4.69, 9.17) is 16.0 Å². The van der Waals surface area contributed by atoms with E-state index in [0.717, 1.165) is 0 Å². The Labute approximate surface area is 114 Å². The lowest BCUT2D eigenvalue weighted by Gasteiger charge is -2.08. The van der Waals surface area contributed by atoms with E-state index in [-0.39, 0.29) is 23.0 Å². The molecule has 0 fully saturated rings. The number of carbonyl (C=O) groups excluding carboxylic acids is 1. The molecule has 100 valence electrons. The van der Waals surface area contributed by atoms with Crippen molar-refractivity contribution in [2.75, 3.05) is 12.4 Å². The Bertz CT molecular complexity index is 597. The summed E-state index contributed by atoms with van der Waals surface area (Å²) in [6.07, 6.45) is 1.37. The highest BCUT2D eigenvalue weighted by Gasteiger charge is 2.16. The lowest BCUT2D eigenvalue weighted by Crippen LogP contribution is -2.07. The van der Waals surface area contributed by atoms with Crippen molar-refractivity contribution in [2.24, 2.45) is 0 Å². The van der Waals surface area contributed by atoms with Gasteiger partial charge >= 0.3 is 5.97 Å². The van der Waals surface area contributed by atoms with Gasteiger partial charge in [-0.25, -0.2) is 9.18 Å². The van der Waals surface area contributed by atoms with Gasteiger partial charge in [-0.1, -0.05) is 17.7 Å². The van der Waals surface area contributed by atoms with Gasteiger partial charge in [-0.15, -0.1) is 0 Å². The van der Waals surface area contributed by atoms with Gasteiger partial charge in [-0.3, -0.25) is 0 Å². The van der Waals surface area contributed by atoms with Crippen LogP contribution in [0.2, 0.25) is 5.02 Å². The topological polar surface area (TPSA) is 51.5 Å². The molecule has 4 nitrogen and oxygen atoms in total. The van der Waals surface area contributed by atoms with Gasteiger partial charge in [-0.05, 0) is 18.2 Å². The van der Waals surface area contributed by atoms with Crippen molar-refractivity contribution < 1.29 is 18.3 Å². The number of methoxy groups -OCH3 is 1. The summed E-state index contributed by atoms with van der Waals surface area (Å²) in [5, 5.41) is 2.88. The molecular formula is C13H11ClFNO3. The molecular weight excluding hydrogens is 273 g/mol. The van der Waals surface area contributed by atoms with Crippen molar-refractivity contribution in [1.82, 2.24) is 0 Å². The fraction of sp³-hybridized carbons (Fsp3) is 0.154. The zero-order valence-electron chi connectivity index (χ0n) is 10.1. The molecule has 6 heteroatoms. The first kappa shape index (κ1) is 13.4. The summed E-state index contributed by atoms with van der Waals surface area (Å²) >= 11 is 5.67. The zero-order valence-corrected chi connectivity index (χ0v) is 10.8. The Hall–Kier alpha value is -2.01. The number of rotatable bonds is 4. The molecule has 19 heavy (non-hydrogen) atoms. The molecule has 0 amide bonds.